The fourth-order valence-corrected chi connectivity index (χ4v) is 7.24. The van der Waals surface area contributed by atoms with E-state index in [0.29, 0.717) is 24.0 Å². The van der Waals surface area contributed by atoms with Gasteiger partial charge in [0.1, 0.15) is 0 Å². The highest BCUT2D eigenvalue weighted by atomic mass is 19.2. The molecule has 0 heterocycles. The van der Waals surface area contributed by atoms with Gasteiger partial charge in [-0.2, -0.15) is 4.39 Å². The second-order valence-corrected chi connectivity index (χ2v) is 13.0. The zero-order chi connectivity index (χ0) is 27.5. The average molecular weight is 541 g/mol. The van der Waals surface area contributed by atoms with Gasteiger partial charge in [-0.15, -0.1) is 0 Å². The predicted octanol–water partition coefficient (Wildman–Crippen LogP) is 11.3. The molecule has 39 heavy (non-hydrogen) atoms. The molecule has 0 aromatic heterocycles. The number of allylic oxidation sites excluding steroid dienone is 3. The van der Waals surface area contributed by atoms with Crippen molar-refractivity contribution in [1.82, 2.24) is 0 Å². The van der Waals surface area contributed by atoms with Gasteiger partial charge in [0.05, 0.1) is 6.61 Å². The summed E-state index contributed by atoms with van der Waals surface area (Å²) in [5.74, 6) is 1.92. The monoisotopic (exact) mass is 540 g/mol. The van der Waals surface area contributed by atoms with Crippen LogP contribution in [0.3, 0.4) is 0 Å². The quantitative estimate of drug-likeness (QED) is 0.179. The zero-order valence-corrected chi connectivity index (χ0v) is 24.8. The summed E-state index contributed by atoms with van der Waals surface area (Å²) in [4.78, 5) is 0. The summed E-state index contributed by atoms with van der Waals surface area (Å²) in [5, 5.41) is 0. The summed E-state index contributed by atoms with van der Waals surface area (Å²) < 4.78 is 35.9. The van der Waals surface area contributed by atoms with Gasteiger partial charge < -0.3 is 4.74 Å². The molecule has 3 aliphatic carbocycles. The van der Waals surface area contributed by atoms with Gasteiger partial charge in [-0.3, -0.25) is 0 Å². The van der Waals surface area contributed by atoms with Crippen molar-refractivity contribution in [2.75, 3.05) is 6.61 Å². The van der Waals surface area contributed by atoms with Crippen molar-refractivity contribution in [2.45, 2.75) is 129 Å². The number of hydrogen-bond acceptors (Lipinski definition) is 1. The molecule has 1 nitrogen and oxygen atoms in total. The largest absolute Gasteiger partial charge is 0.490 e. The molecule has 0 saturated heterocycles. The number of halogens is 2. The number of rotatable bonds is 13. The van der Waals surface area contributed by atoms with E-state index in [4.69, 9.17) is 4.74 Å². The van der Waals surface area contributed by atoms with Gasteiger partial charge in [-0.25, -0.2) is 4.39 Å². The molecule has 0 bridgehead atoms. The third kappa shape index (κ3) is 9.19. The molecular formula is C36H54F2O. The van der Waals surface area contributed by atoms with Crippen LogP contribution in [0.4, 0.5) is 8.78 Å². The van der Waals surface area contributed by atoms with E-state index in [0.717, 1.165) is 43.9 Å². The first-order valence-electron chi connectivity index (χ1n) is 16.5. The van der Waals surface area contributed by atoms with Crippen molar-refractivity contribution in [3.63, 3.8) is 0 Å². The molecule has 0 amide bonds. The van der Waals surface area contributed by atoms with Crippen molar-refractivity contribution < 1.29 is 13.5 Å². The Hall–Kier alpha value is -1.64. The summed E-state index contributed by atoms with van der Waals surface area (Å²) in [5.41, 5.74) is 0.542. The Morgan fingerprint density at radius 3 is 1.97 bits per heavy atom. The molecule has 4 rings (SSSR count). The van der Waals surface area contributed by atoms with Crippen LogP contribution in [0.5, 0.6) is 5.75 Å². The van der Waals surface area contributed by atoms with Gasteiger partial charge in [-0.1, -0.05) is 82.7 Å². The molecule has 2 unspecified atom stereocenters. The van der Waals surface area contributed by atoms with Crippen molar-refractivity contribution >= 4 is 0 Å². The fourth-order valence-electron chi connectivity index (χ4n) is 7.24. The molecule has 3 aliphatic rings. The van der Waals surface area contributed by atoms with Gasteiger partial charge >= 0.3 is 0 Å². The molecule has 2 atom stereocenters. The highest BCUT2D eigenvalue weighted by Gasteiger charge is 2.27. The van der Waals surface area contributed by atoms with Crippen LogP contribution in [0.15, 0.2) is 36.4 Å². The minimum absolute atomic E-state index is 0.0655. The van der Waals surface area contributed by atoms with E-state index in [2.05, 4.69) is 38.2 Å². The fraction of sp³-hybridized carbons (Fsp3) is 0.722. The summed E-state index contributed by atoms with van der Waals surface area (Å²) in [6, 6.07) is 3.45. The maximum absolute atomic E-state index is 15.1. The Bertz CT molecular complexity index is 905. The van der Waals surface area contributed by atoms with E-state index < -0.39 is 11.6 Å². The summed E-state index contributed by atoms with van der Waals surface area (Å²) >= 11 is 0. The van der Waals surface area contributed by atoms with Gasteiger partial charge in [0.15, 0.2) is 11.6 Å². The standard InChI is InChI=1S/C36H54F2O/c1-3-5-7-9-28-16-18-31(19-17-28)26-39-34-25-24-33(35(37)36(34)38)32-22-20-30(21-23-32)15-14-29-12-10-27(11-13-29)8-6-4-2/h14-16,18,24-25,27-32H,3-13,17,19-23,26H2,1-2H3/b15-14+. The van der Waals surface area contributed by atoms with E-state index in [1.165, 1.54) is 77.0 Å². The van der Waals surface area contributed by atoms with Crippen LogP contribution < -0.4 is 4.74 Å². The van der Waals surface area contributed by atoms with Gasteiger partial charge in [-0.05, 0) is 112 Å². The Balaban J connectivity index is 1.20. The molecule has 2 fully saturated rings. The Morgan fingerprint density at radius 1 is 0.692 bits per heavy atom. The maximum Gasteiger partial charge on any atom is 0.200 e. The van der Waals surface area contributed by atoms with Crippen LogP contribution in [0, 0.1) is 41.2 Å². The highest BCUT2D eigenvalue weighted by Crippen LogP contribution is 2.40. The molecule has 1 aromatic rings. The Labute approximate surface area is 237 Å². The second kappa shape index (κ2) is 16.0. The summed E-state index contributed by atoms with van der Waals surface area (Å²) in [6.45, 7) is 4.95. The van der Waals surface area contributed by atoms with Crippen LogP contribution >= 0.6 is 0 Å². The lowest BCUT2D eigenvalue weighted by Gasteiger charge is -2.29. The van der Waals surface area contributed by atoms with Crippen LogP contribution in [0.2, 0.25) is 0 Å². The smallest absolute Gasteiger partial charge is 0.200 e. The average Bonchev–Trinajstić information content (AvgIpc) is 2.97. The van der Waals surface area contributed by atoms with E-state index >= 15 is 4.39 Å². The first-order chi connectivity index (χ1) is 19.1. The zero-order valence-electron chi connectivity index (χ0n) is 24.8. The second-order valence-electron chi connectivity index (χ2n) is 13.0. The first kappa shape index (κ1) is 30.3. The molecule has 2 saturated carbocycles. The molecule has 0 aliphatic heterocycles. The molecule has 218 valence electrons. The topological polar surface area (TPSA) is 9.23 Å². The third-order valence-corrected chi connectivity index (χ3v) is 10.00. The number of hydrogen-bond donors (Lipinski definition) is 0. The predicted molar refractivity (Wildman–Crippen MR) is 160 cm³/mol. The molecule has 0 radical (unpaired) electrons. The summed E-state index contributed by atoms with van der Waals surface area (Å²) in [7, 11) is 0. The molecular weight excluding hydrogens is 486 g/mol. The summed E-state index contributed by atoms with van der Waals surface area (Å²) in [6.07, 6.45) is 30.4. The Morgan fingerprint density at radius 2 is 1.33 bits per heavy atom. The van der Waals surface area contributed by atoms with Crippen molar-refractivity contribution in [3.05, 3.63) is 53.6 Å². The first-order valence-corrected chi connectivity index (χ1v) is 16.5. The SMILES string of the molecule is CCCCCC1C=CC(COc2ccc(C3CCC(/C=C/C4CCC(CCCC)CC4)CC3)c(F)c2F)CC1. The van der Waals surface area contributed by atoms with Crippen LogP contribution in [0.1, 0.15) is 134 Å². The van der Waals surface area contributed by atoms with Crippen molar-refractivity contribution in [2.24, 2.45) is 29.6 Å². The minimum atomic E-state index is -0.804. The lowest BCUT2D eigenvalue weighted by Crippen LogP contribution is -2.17. The van der Waals surface area contributed by atoms with Crippen molar-refractivity contribution in [1.29, 1.82) is 0 Å². The number of benzene rings is 1. The lowest BCUT2D eigenvalue weighted by atomic mass is 9.76. The normalized spacial score (nSPS) is 29.6. The lowest BCUT2D eigenvalue weighted by molar-refractivity contribution is 0.240. The molecule has 3 heteroatoms. The minimum Gasteiger partial charge on any atom is -0.490 e. The maximum atomic E-state index is 15.1. The van der Waals surface area contributed by atoms with E-state index in [-0.39, 0.29) is 17.6 Å². The van der Waals surface area contributed by atoms with Crippen LogP contribution in [-0.2, 0) is 0 Å². The molecule has 0 N–H and O–H groups in total. The van der Waals surface area contributed by atoms with E-state index in [1.54, 1.807) is 12.1 Å². The van der Waals surface area contributed by atoms with E-state index in [9.17, 15) is 4.39 Å². The Kier molecular flexibility index (Phi) is 12.4. The van der Waals surface area contributed by atoms with Gasteiger partial charge in [0.2, 0.25) is 5.82 Å². The van der Waals surface area contributed by atoms with E-state index in [1.807, 2.05) is 0 Å². The van der Waals surface area contributed by atoms with Gasteiger partial charge in [0, 0.05) is 5.92 Å². The van der Waals surface area contributed by atoms with Crippen molar-refractivity contribution in [3.8, 4) is 5.75 Å². The molecule has 0 spiro atoms. The number of unbranched alkanes of at least 4 members (excludes halogenated alkanes) is 3. The molecule has 1 aromatic carbocycles. The van der Waals surface area contributed by atoms with Crippen LogP contribution in [0.25, 0.3) is 0 Å². The van der Waals surface area contributed by atoms with Crippen LogP contribution in [-0.4, -0.2) is 6.61 Å². The highest BCUT2D eigenvalue weighted by molar-refractivity contribution is 5.33. The van der Waals surface area contributed by atoms with Gasteiger partial charge in [0.25, 0.3) is 0 Å². The third-order valence-electron chi connectivity index (χ3n) is 10.00. The number of ether oxygens (including phenoxy) is 1.